The number of imidazole rings is 1. The van der Waals surface area contributed by atoms with Crippen LogP contribution in [0.25, 0.3) is 0 Å². The zero-order valence-corrected chi connectivity index (χ0v) is 12.1. The number of alkyl halides is 1. The van der Waals surface area contributed by atoms with Crippen LogP contribution in [-0.4, -0.2) is 41.1 Å². The highest BCUT2D eigenvalue weighted by Crippen LogP contribution is 2.23. The fraction of sp³-hybridized carbons (Fsp3) is 0.700. The molecule has 1 fully saturated rings. The van der Waals surface area contributed by atoms with Gasteiger partial charge in [-0.3, -0.25) is 0 Å². The van der Waals surface area contributed by atoms with E-state index in [1.165, 1.54) is 6.20 Å². The molecule has 5 nitrogen and oxygen atoms in total. The van der Waals surface area contributed by atoms with Crippen molar-refractivity contribution in [1.82, 2.24) is 14.3 Å². The van der Waals surface area contributed by atoms with E-state index in [0.717, 1.165) is 18.2 Å². The molecule has 2 heterocycles. The van der Waals surface area contributed by atoms with Crippen molar-refractivity contribution in [2.24, 2.45) is 5.92 Å². The van der Waals surface area contributed by atoms with Gasteiger partial charge < -0.3 is 4.98 Å². The highest BCUT2D eigenvalue weighted by molar-refractivity contribution is 9.09. The van der Waals surface area contributed by atoms with E-state index in [2.05, 4.69) is 25.9 Å². The standard InChI is InChI=1S/C10H16BrN3O2S/c1-8-12-7-10(13-8)17(15,16)14-4-2-9(6-11)3-5-14/h7,9H,2-6H2,1H3,(H,12,13). The van der Waals surface area contributed by atoms with Crippen molar-refractivity contribution in [3.05, 3.63) is 12.0 Å². The maximum absolute atomic E-state index is 12.2. The number of hydrogen-bond donors (Lipinski definition) is 1. The van der Waals surface area contributed by atoms with Gasteiger partial charge in [-0.05, 0) is 25.7 Å². The fourth-order valence-corrected chi connectivity index (χ4v) is 4.05. The van der Waals surface area contributed by atoms with Crippen molar-refractivity contribution in [3.63, 3.8) is 0 Å². The molecule has 0 unspecified atom stereocenters. The number of aromatic amines is 1. The SMILES string of the molecule is Cc1ncc(S(=O)(=O)N2CCC(CBr)CC2)[nH]1. The quantitative estimate of drug-likeness (QED) is 0.858. The summed E-state index contributed by atoms with van der Waals surface area (Å²) in [5, 5.41) is 1.15. The third-order valence-corrected chi connectivity index (χ3v) is 5.81. The Labute approximate surface area is 110 Å². The summed E-state index contributed by atoms with van der Waals surface area (Å²) in [5.41, 5.74) is 0. The average molecular weight is 322 g/mol. The minimum Gasteiger partial charge on any atom is -0.332 e. The van der Waals surface area contributed by atoms with Crippen molar-refractivity contribution in [1.29, 1.82) is 0 Å². The van der Waals surface area contributed by atoms with Gasteiger partial charge in [0.15, 0.2) is 5.03 Å². The molecule has 1 aromatic heterocycles. The average Bonchev–Trinajstić information content (AvgIpc) is 2.77. The molecule has 1 saturated heterocycles. The number of nitrogens with one attached hydrogen (secondary N) is 1. The molecule has 1 N–H and O–H groups in total. The predicted octanol–water partition coefficient (Wildman–Crippen LogP) is 1.51. The third-order valence-electron chi connectivity index (χ3n) is 3.09. The molecule has 2 rings (SSSR count). The van der Waals surface area contributed by atoms with Gasteiger partial charge in [0.1, 0.15) is 5.82 Å². The summed E-state index contributed by atoms with van der Waals surface area (Å²) in [5.74, 6) is 1.21. The van der Waals surface area contributed by atoms with Crippen LogP contribution in [-0.2, 0) is 10.0 Å². The molecule has 7 heteroatoms. The van der Waals surface area contributed by atoms with E-state index >= 15 is 0 Å². The Hall–Kier alpha value is -0.400. The largest absolute Gasteiger partial charge is 0.332 e. The lowest BCUT2D eigenvalue weighted by molar-refractivity contribution is 0.291. The Morgan fingerprint density at radius 3 is 2.65 bits per heavy atom. The number of hydrogen-bond acceptors (Lipinski definition) is 3. The normalized spacial score (nSPS) is 19.6. The summed E-state index contributed by atoms with van der Waals surface area (Å²) in [6.45, 7) is 2.93. The summed E-state index contributed by atoms with van der Waals surface area (Å²) >= 11 is 3.45. The van der Waals surface area contributed by atoms with E-state index in [4.69, 9.17) is 0 Å². The van der Waals surface area contributed by atoms with Gasteiger partial charge in [0.25, 0.3) is 10.0 Å². The van der Waals surface area contributed by atoms with Crippen molar-refractivity contribution < 1.29 is 8.42 Å². The topological polar surface area (TPSA) is 66.1 Å². The van der Waals surface area contributed by atoms with Crippen LogP contribution in [0.1, 0.15) is 18.7 Å². The smallest absolute Gasteiger partial charge is 0.260 e. The molecule has 0 spiro atoms. The van der Waals surface area contributed by atoms with Gasteiger partial charge in [-0.2, -0.15) is 4.31 Å². The molecule has 0 amide bonds. The molecule has 1 aromatic rings. The summed E-state index contributed by atoms with van der Waals surface area (Å²) < 4.78 is 26.0. The second kappa shape index (κ2) is 5.07. The van der Waals surface area contributed by atoms with Crippen LogP contribution >= 0.6 is 15.9 Å². The molecule has 96 valence electrons. The molecule has 0 aliphatic carbocycles. The van der Waals surface area contributed by atoms with Crippen LogP contribution in [0.2, 0.25) is 0 Å². The molecule has 0 bridgehead atoms. The maximum atomic E-state index is 12.2. The highest BCUT2D eigenvalue weighted by atomic mass is 79.9. The van der Waals surface area contributed by atoms with E-state index in [9.17, 15) is 8.42 Å². The summed E-state index contributed by atoms with van der Waals surface area (Å²) in [6.07, 6.45) is 3.22. The zero-order valence-electron chi connectivity index (χ0n) is 9.69. The number of rotatable bonds is 3. The Balaban J connectivity index is 2.12. The van der Waals surface area contributed by atoms with E-state index in [0.29, 0.717) is 24.8 Å². The Morgan fingerprint density at radius 1 is 1.53 bits per heavy atom. The summed E-state index contributed by atoms with van der Waals surface area (Å²) in [7, 11) is -3.37. The number of sulfonamides is 1. The number of aromatic nitrogens is 2. The summed E-state index contributed by atoms with van der Waals surface area (Å²) in [6, 6.07) is 0. The minimum absolute atomic E-state index is 0.201. The van der Waals surface area contributed by atoms with Crippen LogP contribution in [0.5, 0.6) is 0 Å². The lowest BCUT2D eigenvalue weighted by Crippen LogP contribution is -2.38. The molecule has 1 aliphatic heterocycles. The predicted molar refractivity (Wildman–Crippen MR) is 68.6 cm³/mol. The van der Waals surface area contributed by atoms with Gasteiger partial charge in [-0.1, -0.05) is 15.9 Å². The van der Waals surface area contributed by atoms with Crippen LogP contribution in [0.3, 0.4) is 0 Å². The number of aryl methyl sites for hydroxylation is 1. The van der Waals surface area contributed by atoms with Crippen LogP contribution in [0.4, 0.5) is 0 Å². The second-order valence-corrected chi connectivity index (χ2v) is 6.89. The van der Waals surface area contributed by atoms with E-state index in [1.807, 2.05) is 0 Å². The first-order chi connectivity index (χ1) is 8.04. The van der Waals surface area contributed by atoms with E-state index < -0.39 is 10.0 Å². The first-order valence-electron chi connectivity index (χ1n) is 5.61. The van der Waals surface area contributed by atoms with Crippen molar-refractivity contribution in [2.75, 3.05) is 18.4 Å². The molecule has 0 radical (unpaired) electrons. The number of halogens is 1. The van der Waals surface area contributed by atoms with Gasteiger partial charge in [0.05, 0.1) is 6.20 Å². The molecule has 17 heavy (non-hydrogen) atoms. The summed E-state index contributed by atoms with van der Waals surface area (Å²) in [4.78, 5) is 6.73. The van der Waals surface area contributed by atoms with Crippen molar-refractivity contribution >= 4 is 26.0 Å². The van der Waals surface area contributed by atoms with Crippen LogP contribution in [0.15, 0.2) is 11.2 Å². The Morgan fingerprint density at radius 2 is 2.18 bits per heavy atom. The monoisotopic (exact) mass is 321 g/mol. The molecular formula is C10H16BrN3O2S. The van der Waals surface area contributed by atoms with Crippen LogP contribution < -0.4 is 0 Å². The number of piperidine rings is 1. The highest BCUT2D eigenvalue weighted by Gasteiger charge is 2.30. The molecule has 0 saturated carbocycles. The molecular weight excluding hydrogens is 306 g/mol. The third kappa shape index (κ3) is 2.71. The Bertz CT molecular complexity index is 477. The van der Waals surface area contributed by atoms with Gasteiger partial charge >= 0.3 is 0 Å². The van der Waals surface area contributed by atoms with Gasteiger partial charge in [-0.25, -0.2) is 13.4 Å². The molecule has 0 aromatic carbocycles. The maximum Gasteiger partial charge on any atom is 0.260 e. The molecule has 1 aliphatic rings. The lowest BCUT2D eigenvalue weighted by atomic mass is 10.0. The molecule has 0 atom stereocenters. The fourth-order valence-electron chi connectivity index (χ4n) is 1.97. The Kier molecular flexibility index (Phi) is 3.89. The van der Waals surface area contributed by atoms with E-state index in [-0.39, 0.29) is 5.03 Å². The van der Waals surface area contributed by atoms with Gasteiger partial charge in [0.2, 0.25) is 0 Å². The zero-order chi connectivity index (χ0) is 12.5. The number of nitrogens with zero attached hydrogens (tertiary/aromatic N) is 2. The van der Waals surface area contributed by atoms with Crippen molar-refractivity contribution in [3.8, 4) is 0 Å². The van der Waals surface area contributed by atoms with Gasteiger partial charge in [-0.15, -0.1) is 0 Å². The van der Waals surface area contributed by atoms with Crippen LogP contribution in [0, 0.1) is 12.8 Å². The first kappa shape index (κ1) is 13.0. The van der Waals surface area contributed by atoms with Crippen molar-refractivity contribution in [2.45, 2.75) is 24.8 Å². The minimum atomic E-state index is -3.37. The number of H-pyrrole nitrogens is 1. The lowest BCUT2D eigenvalue weighted by Gasteiger charge is -2.29. The second-order valence-electron chi connectivity index (χ2n) is 4.33. The first-order valence-corrected chi connectivity index (χ1v) is 8.18. The van der Waals surface area contributed by atoms with Gasteiger partial charge in [0, 0.05) is 18.4 Å². The van der Waals surface area contributed by atoms with E-state index in [1.54, 1.807) is 11.2 Å².